The van der Waals surface area contributed by atoms with Crippen molar-refractivity contribution in [3.63, 3.8) is 0 Å². The molecule has 1 aromatic carbocycles. The van der Waals surface area contributed by atoms with Crippen LogP contribution < -0.4 is 4.90 Å². The van der Waals surface area contributed by atoms with Crippen LogP contribution >= 0.6 is 11.6 Å². The van der Waals surface area contributed by atoms with Gasteiger partial charge in [-0.05, 0) is 36.1 Å². The molecule has 1 heterocycles. The largest absolute Gasteiger partial charge is 0.391 e. The second-order valence-corrected chi connectivity index (χ2v) is 5.61. The van der Waals surface area contributed by atoms with E-state index in [1.807, 2.05) is 24.3 Å². The molecule has 1 N–H and O–H groups in total. The fourth-order valence-corrected chi connectivity index (χ4v) is 2.15. The van der Waals surface area contributed by atoms with Crippen molar-refractivity contribution in [3.8, 4) is 0 Å². The first-order valence-electron chi connectivity index (χ1n) is 5.68. The average molecular weight is 240 g/mol. The zero-order valence-corrected chi connectivity index (χ0v) is 10.5. The minimum absolute atomic E-state index is 0.0307. The van der Waals surface area contributed by atoms with Gasteiger partial charge in [-0.1, -0.05) is 25.4 Å². The second-order valence-electron chi connectivity index (χ2n) is 5.18. The maximum absolute atomic E-state index is 10.1. The maximum atomic E-state index is 10.1. The topological polar surface area (TPSA) is 23.5 Å². The Balaban J connectivity index is 2.10. The minimum atomic E-state index is -0.267. The molecule has 1 atom stereocenters. The number of benzene rings is 1. The number of aliphatic hydroxyl groups excluding tert-OH is 1. The van der Waals surface area contributed by atoms with E-state index in [4.69, 9.17) is 11.6 Å². The number of hydrogen-bond acceptors (Lipinski definition) is 2. The minimum Gasteiger partial charge on any atom is -0.391 e. The van der Waals surface area contributed by atoms with Gasteiger partial charge in [0.2, 0.25) is 0 Å². The Morgan fingerprint density at radius 3 is 2.50 bits per heavy atom. The van der Waals surface area contributed by atoms with Gasteiger partial charge in [-0.2, -0.15) is 0 Å². The SMILES string of the molecule is CC1(C)CCN(c2ccc(Cl)cc2)CC1O. The molecule has 1 aromatic rings. The third-order valence-electron chi connectivity index (χ3n) is 3.51. The van der Waals surface area contributed by atoms with Crippen LogP contribution in [0.4, 0.5) is 5.69 Å². The molecule has 0 bridgehead atoms. The first-order valence-corrected chi connectivity index (χ1v) is 6.05. The van der Waals surface area contributed by atoms with E-state index in [-0.39, 0.29) is 11.5 Å². The van der Waals surface area contributed by atoms with Gasteiger partial charge in [0.05, 0.1) is 6.10 Å². The molecule has 2 nitrogen and oxygen atoms in total. The summed E-state index contributed by atoms with van der Waals surface area (Å²) in [6, 6.07) is 7.80. The van der Waals surface area contributed by atoms with E-state index in [1.165, 1.54) is 0 Å². The Labute approximate surface area is 102 Å². The predicted molar refractivity (Wildman–Crippen MR) is 68.1 cm³/mol. The van der Waals surface area contributed by atoms with Gasteiger partial charge in [0.15, 0.2) is 0 Å². The van der Waals surface area contributed by atoms with E-state index in [1.54, 1.807) is 0 Å². The summed E-state index contributed by atoms with van der Waals surface area (Å²) in [6.07, 6.45) is 0.744. The number of β-amino-alcohol motifs (C(OH)–C–C–N with tert-alkyl or cyclic N) is 1. The van der Waals surface area contributed by atoms with Crippen LogP contribution in [0.25, 0.3) is 0 Å². The molecule has 0 radical (unpaired) electrons. The lowest BCUT2D eigenvalue weighted by Crippen LogP contribution is -2.48. The molecule has 1 unspecified atom stereocenters. The lowest BCUT2D eigenvalue weighted by atomic mass is 9.80. The summed E-state index contributed by atoms with van der Waals surface area (Å²) < 4.78 is 0. The summed E-state index contributed by atoms with van der Waals surface area (Å²) in [5, 5.41) is 10.8. The van der Waals surface area contributed by atoms with Crippen LogP contribution in [0.2, 0.25) is 5.02 Å². The van der Waals surface area contributed by atoms with E-state index < -0.39 is 0 Å². The Kier molecular flexibility index (Phi) is 3.13. The van der Waals surface area contributed by atoms with Crippen LogP contribution in [0.3, 0.4) is 0 Å². The van der Waals surface area contributed by atoms with E-state index in [9.17, 15) is 5.11 Å². The molecule has 3 heteroatoms. The number of rotatable bonds is 1. The lowest BCUT2D eigenvalue weighted by Gasteiger charge is -2.42. The summed E-state index contributed by atoms with van der Waals surface area (Å²) in [5.74, 6) is 0. The highest BCUT2D eigenvalue weighted by Gasteiger charge is 2.34. The van der Waals surface area contributed by atoms with Gasteiger partial charge in [0.1, 0.15) is 0 Å². The standard InChI is InChI=1S/C13H18ClNO/c1-13(2)7-8-15(9-12(13)16)11-5-3-10(14)4-6-11/h3-6,12,16H,7-9H2,1-2H3. The van der Waals surface area contributed by atoms with Crippen LogP contribution in [0, 0.1) is 5.41 Å². The molecule has 2 rings (SSSR count). The van der Waals surface area contributed by atoms with Gasteiger partial charge >= 0.3 is 0 Å². The predicted octanol–water partition coefficient (Wildman–Crippen LogP) is 2.94. The molecule has 1 aliphatic rings. The molecule has 16 heavy (non-hydrogen) atoms. The fourth-order valence-electron chi connectivity index (χ4n) is 2.02. The third kappa shape index (κ3) is 2.33. The molecule has 1 aliphatic heterocycles. The van der Waals surface area contributed by atoms with Crippen LogP contribution in [0.1, 0.15) is 20.3 Å². The van der Waals surface area contributed by atoms with E-state index in [2.05, 4.69) is 18.7 Å². The molecular weight excluding hydrogens is 222 g/mol. The Morgan fingerprint density at radius 1 is 1.31 bits per heavy atom. The number of piperidine rings is 1. The molecule has 1 fully saturated rings. The molecular formula is C13H18ClNO. The van der Waals surface area contributed by atoms with Crippen molar-refractivity contribution in [1.29, 1.82) is 0 Å². The highest BCUT2D eigenvalue weighted by molar-refractivity contribution is 6.30. The Bertz CT molecular complexity index is 361. The van der Waals surface area contributed by atoms with Gasteiger partial charge in [-0.3, -0.25) is 0 Å². The van der Waals surface area contributed by atoms with Gasteiger partial charge in [-0.15, -0.1) is 0 Å². The van der Waals surface area contributed by atoms with Crippen LogP contribution in [0.15, 0.2) is 24.3 Å². The van der Waals surface area contributed by atoms with Crippen molar-refractivity contribution >= 4 is 17.3 Å². The normalized spacial score (nSPS) is 24.5. The lowest BCUT2D eigenvalue weighted by molar-refractivity contribution is 0.0351. The van der Waals surface area contributed by atoms with E-state index in [0.29, 0.717) is 6.54 Å². The summed E-state index contributed by atoms with van der Waals surface area (Å²) in [6.45, 7) is 5.94. The summed E-state index contributed by atoms with van der Waals surface area (Å²) in [7, 11) is 0. The number of hydrogen-bond donors (Lipinski definition) is 1. The van der Waals surface area contributed by atoms with Crippen molar-refractivity contribution < 1.29 is 5.11 Å². The average Bonchev–Trinajstić information content (AvgIpc) is 2.24. The first-order chi connectivity index (χ1) is 7.49. The summed E-state index contributed by atoms with van der Waals surface area (Å²) in [4.78, 5) is 2.21. The monoisotopic (exact) mass is 239 g/mol. The number of halogens is 1. The van der Waals surface area contributed by atoms with Gasteiger partial charge < -0.3 is 10.0 Å². The highest BCUT2D eigenvalue weighted by atomic mass is 35.5. The van der Waals surface area contributed by atoms with Crippen molar-refractivity contribution in [1.82, 2.24) is 0 Å². The molecule has 0 aromatic heterocycles. The maximum Gasteiger partial charge on any atom is 0.0766 e. The summed E-state index contributed by atoms with van der Waals surface area (Å²) in [5.41, 5.74) is 1.17. The smallest absolute Gasteiger partial charge is 0.0766 e. The molecule has 0 amide bonds. The quantitative estimate of drug-likeness (QED) is 0.815. The Hall–Kier alpha value is -0.730. The third-order valence-corrected chi connectivity index (χ3v) is 3.77. The van der Waals surface area contributed by atoms with Gasteiger partial charge in [-0.25, -0.2) is 0 Å². The molecule has 88 valence electrons. The number of aliphatic hydroxyl groups is 1. The second kappa shape index (κ2) is 4.27. The number of anilines is 1. The molecule has 0 spiro atoms. The molecule has 0 aliphatic carbocycles. The van der Waals surface area contributed by atoms with Crippen LogP contribution in [-0.4, -0.2) is 24.3 Å². The van der Waals surface area contributed by atoms with Crippen molar-refractivity contribution in [2.24, 2.45) is 5.41 Å². The zero-order valence-electron chi connectivity index (χ0n) is 9.78. The zero-order chi connectivity index (χ0) is 11.8. The Morgan fingerprint density at radius 2 is 1.94 bits per heavy atom. The van der Waals surface area contributed by atoms with Crippen molar-refractivity contribution in [2.75, 3.05) is 18.0 Å². The number of nitrogens with zero attached hydrogens (tertiary/aromatic N) is 1. The molecule has 0 saturated carbocycles. The van der Waals surface area contributed by atoms with E-state index in [0.717, 1.165) is 23.7 Å². The van der Waals surface area contributed by atoms with Crippen molar-refractivity contribution in [2.45, 2.75) is 26.4 Å². The van der Waals surface area contributed by atoms with Crippen LogP contribution in [0.5, 0.6) is 0 Å². The molecule has 1 saturated heterocycles. The van der Waals surface area contributed by atoms with E-state index >= 15 is 0 Å². The highest BCUT2D eigenvalue weighted by Crippen LogP contribution is 2.32. The fraction of sp³-hybridized carbons (Fsp3) is 0.538. The summed E-state index contributed by atoms with van der Waals surface area (Å²) >= 11 is 5.86. The van der Waals surface area contributed by atoms with Gasteiger partial charge in [0, 0.05) is 23.8 Å². The first kappa shape index (κ1) is 11.7. The van der Waals surface area contributed by atoms with Gasteiger partial charge in [0.25, 0.3) is 0 Å². The van der Waals surface area contributed by atoms with Crippen molar-refractivity contribution in [3.05, 3.63) is 29.3 Å². The van der Waals surface area contributed by atoms with Crippen LogP contribution in [-0.2, 0) is 0 Å².